The fraction of sp³-hybridized carbons (Fsp3) is 0.939. The molecule has 0 spiro atoms. The maximum atomic E-state index is 5.95. The van der Waals surface area contributed by atoms with Crippen LogP contribution in [0.3, 0.4) is 0 Å². The van der Waals surface area contributed by atoms with Crippen molar-refractivity contribution in [2.24, 2.45) is 5.73 Å². The first-order valence-corrected chi connectivity index (χ1v) is 16.4. The molecule has 0 aliphatic rings. The lowest BCUT2D eigenvalue weighted by atomic mass is 10.1. The third-order valence-corrected chi connectivity index (χ3v) is 7.22. The molecule has 0 bridgehead atoms. The Morgan fingerprint density at radius 3 is 1.33 bits per heavy atom. The van der Waals surface area contributed by atoms with Crippen LogP contribution in [0.15, 0.2) is 12.2 Å². The Hall–Kier alpha value is -0.380. The molecule has 0 aliphatic carbocycles. The summed E-state index contributed by atoms with van der Waals surface area (Å²) < 4.78 is 11.8. The Labute approximate surface area is 227 Å². The summed E-state index contributed by atoms with van der Waals surface area (Å²) in [4.78, 5) is 0. The van der Waals surface area contributed by atoms with Gasteiger partial charge in [-0.25, -0.2) is 0 Å². The topological polar surface area (TPSA) is 44.5 Å². The highest BCUT2D eigenvalue weighted by atomic mass is 16.5. The van der Waals surface area contributed by atoms with E-state index in [1.807, 2.05) is 0 Å². The van der Waals surface area contributed by atoms with E-state index in [2.05, 4.69) is 26.0 Å². The van der Waals surface area contributed by atoms with E-state index in [9.17, 15) is 0 Å². The van der Waals surface area contributed by atoms with Crippen molar-refractivity contribution in [1.29, 1.82) is 0 Å². The van der Waals surface area contributed by atoms with Crippen LogP contribution in [0.25, 0.3) is 0 Å². The number of ether oxygens (including phenoxy) is 2. The molecular formula is C33H67NO2. The predicted octanol–water partition coefficient (Wildman–Crippen LogP) is 10.3. The molecule has 0 aromatic rings. The summed E-state index contributed by atoms with van der Waals surface area (Å²) in [5, 5.41) is 0. The average Bonchev–Trinajstić information content (AvgIpc) is 2.89. The van der Waals surface area contributed by atoms with Crippen molar-refractivity contribution >= 4 is 0 Å². The zero-order valence-corrected chi connectivity index (χ0v) is 24.9. The molecule has 2 N–H and O–H groups in total. The Kier molecular flexibility index (Phi) is 32.3. The van der Waals surface area contributed by atoms with Crippen molar-refractivity contribution in [3.63, 3.8) is 0 Å². The Morgan fingerprint density at radius 2 is 0.889 bits per heavy atom. The second kappa shape index (κ2) is 32.6. The highest BCUT2D eigenvalue weighted by molar-refractivity contribution is 4.81. The monoisotopic (exact) mass is 510 g/mol. The summed E-state index contributed by atoms with van der Waals surface area (Å²) in [6.45, 7) is 7.46. The van der Waals surface area contributed by atoms with Crippen LogP contribution in [0.5, 0.6) is 0 Å². The Bertz CT molecular complexity index is 412. The zero-order chi connectivity index (χ0) is 26.2. The lowest BCUT2D eigenvalue weighted by Gasteiger charge is -2.16. The zero-order valence-electron chi connectivity index (χ0n) is 24.9. The number of rotatable bonds is 31. The third-order valence-electron chi connectivity index (χ3n) is 7.22. The van der Waals surface area contributed by atoms with E-state index < -0.39 is 0 Å². The van der Waals surface area contributed by atoms with Crippen LogP contribution < -0.4 is 5.73 Å². The summed E-state index contributed by atoms with van der Waals surface area (Å²) in [6, 6.07) is 0. The van der Waals surface area contributed by atoms with Crippen LogP contribution in [0.2, 0.25) is 0 Å². The molecule has 0 amide bonds. The van der Waals surface area contributed by atoms with Gasteiger partial charge < -0.3 is 15.2 Å². The smallest absolute Gasteiger partial charge is 0.0930 e. The minimum atomic E-state index is 0.0660. The molecule has 3 nitrogen and oxygen atoms in total. The van der Waals surface area contributed by atoms with E-state index in [1.54, 1.807) is 0 Å². The molecule has 0 fully saturated rings. The highest BCUT2D eigenvalue weighted by Crippen LogP contribution is 2.12. The van der Waals surface area contributed by atoms with E-state index >= 15 is 0 Å². The molecule has 1 unspecified atom stereocenters. The minimum Gasteiger partial charge on any atom is -0.379 e. The number of unbranched alkanes of at least 4 members (excludes halogenated alkanes) is 21. The molecule has 0 radical (unpaired) electrons. The van der Waals surface area contributed by atoms with Gasteiger partial charge in [0.25, 0.3) is 0 Å². The van der Waals surface area contributed by atoms with Crippen molar-refractivity contribution in [3.8, 4) is 0 Å². The SMILES string of the molecule is CCCCCCCCC=CCCCCCCCCOC(CN)COCCCCCCCCCCCC. The fourth-order valence-electron chi connectivity index (χ4n) is 4.69. The second-order valence-corrected chi connectivity index (χ2v) is 10.9. The second-order valence-electron chi connectivity index (χ2n) is 10.9. The van der Waals surface area contributed by atoms with Crippen molar-refractivity contribution in [3.05, 3.63) is 12.2 Å². The van der Waals surface area contributed by atoms with Crippen molar-refractivity contribution in [2.75, 3.05) is 26.4 Å². The maximum absolute atomic E-state index is 5.95. The first kappa shape index (κ1) is 35.6. The molecule has 1 atom stereocenters. The number of allylic oxidation sites excluding steroid dienone is 2. The van der Waals surface area contributed by atoms with Crippen molar-refractivity contribution in [1.82, 2.24) is 0 Å². The number of hydrogen-bond donors (Lipinski definition) is 1. The molecule has 0 aromatic carbocycles. The normalized spacial score (nSPS) is 12.6. The third kappa shape index (κ3) is 29.8. The molecule has 0 aliphatic heterocycles. The quantitative estimate of drug-likeness (QED) is 0.0746. The van der Waals surface area contributed by atoms with Crippen LogP contribution in [0.4, 0.5) is 0 Å². The van der Waals surface area contributed by atoms with E-state index in [0.717, 1.165) is 19.6 Å². The van der Waals surface area contributed by atoms with Gasteiger partial charge in [0.05, 0.1) is 12.7 Å². The molecule has 0 saturated carbocycles. The Balaban J connectivity index is 3.30. The number of nitrogens with two attached hydrogens (primary N) is 1. The van der Waals surface area contributed by atoms with E-state index in [0.29, 0.717) is 13.2 Å². The van der Waals surface area contributed by atoms with Gasteiger partial charge in [-0.3, -0.25) is 0 Å². The lowest BCUT2D eigenvalue weighted by Crippen LogP contribution is -2.29. The summed E-state index contributed by atoms with van der Waals surface area (Å²) >= 11 is 0. The van der Waals surface area contributed by atoms with E-state index in [-0.39, 0.29) is 6.10 Å². The van der Waals surface area contributed by atoms with Gasteiger partial charge in [0.15, 0.2) is 0 Å². The molecule has 3 heteroatoms. The van der Waals surface area contributed by atoms with Gasteiger partial charge in [0.1, 0.15) is 0 Å². The molecule has 0 aromatic heterocycles. The van der Waals surface area contributed by atoms with Gasteiger partial charge in [-0.2, -0.15) is 0 Å². The van der Waals surface area contributed by atoms with Gasteiger partial charge in [-0.1, -0.05) is 142 Å². The van der Waals surface area contributed by atoms with Gasteiger partial charge in [-0.15, -0.1) is 0 Å². The van der Waals surface area contributed by atoms with E-state index in [1.165, 1.54) is 148 Å². The summed E-state index contributed by atoms with van der Waals surface area (Å²) in [5.74, 6) is 0. The summed E-state index contributed by atoms with van der Waals surface area (Å²) in [7, 11) is 0. The fourth-order valence-corrected chi connectivity index (χ4v) is 4.69. The largest absolute Gasteiger partial charge is 0.379 e. The molecular weight excluding hydrogens is 442 g/mol. The number of hydrogen-bond acceptors (Lipinski definition) is 3. The van der Waals surface area contributed by atoms with Gasteiger partial charge in [0.2, 0.25) is 0 Å². The molecule has 0 heterocycles. The molecule has 0 rings (SSSR count). The molecule has 0 saturated heterocycles. The highest BCUT2D eigenvalue weighted by Gasteiger charge is 2.06. The Morgan fingerprint density at radius 1 is 0.500 bits per heavy atom. The lowest BCUT2D eigenvalue weighted by molar-refractivity contribution is -0.0136. The first-order chi connectivity index (χ1) is 17.8. The predicted molar refractivity (Wildman–Crippen MR) is 161 cm³/mol. The van der Waals surface area contributed by atoms with Crippen molar-refractivity contribution < 1.29 is 9.47 Å². The average molecular weight is 510 g/mol. The van der Waals surface area contributed by atoms with Gasteiger partial charge in [-0.05, 0) is 38.5 Å². The van der Waals surface area contributed by atoms with Crippen LogP contribution in [0.1, 0.15) is 168 Å². The van der Waals surface area contributed by atoms with Crippen LogP contribution >= 0.6 is 0 Å². The summed E-state index contributed by atoms with van der Waals surface area (Å²) in [6.07, 6.45) is 37.2. The van der Waals surface area contributed by atoms with Crippen LogP contribution in [-0.2, 0) is 9.47 Å². The minimum absolute atomic E-state index is 0.0660. The van der Waals surface area contributed by atoms with Crippen molar-refractivity contribution in [2.45, 2.75) is 174 Å². The maximum Gasteiger partial charge on any atom is 0.0930 e. The summed E-state index contributed by atoms with van der Waals surface area (Å²) in [5.41, 5.74) is 5.87. The standard InChI is InChI=1S/C33H67NO2/c1-3-5-7-9-11-13-15-16-17-18-19-20-22-24-26-28-30-36-33(31-34)32-35-29-27-25-23-21-14-12-10-8-6-4-2/h16-17,33H,3-15,18-32,34H2,1-2H3. The van der Waals surface area contributed by atoms with Gasteiger partial charge in [0, 0.05) is 19.8 Å². The van der Waals surface area contributed by atoms with Crippen LogP contribution in [0, 0.1) is 0 Å². The van der Waals surface area contributed by atoms with E-state index in [4.69, 9.17) is 15.2 Å². The van der Waals surface area contributed by atoms with Gasteiger partial charge >= 0.3 is 0 Å². The first-order valence-electron chi connectivity index (χ1n) is 16.4. The molecule has 216 valence electrons. The van der Waals surface area contributed by atoms with Crippen LogP contribution in [-0.4, -0.2) is 32.5 Å². The molecule has 36 heavy (non-hydrogen) atoms.